The molecule has 0 aliphatic carbocycles. The van der Waals surface area contributed by atoms with Gasteiger partial charge in [-0.2, -0.15) is 0 Å². The van der Waals surface area contributed by atoms with Crippen molar-refractivity contribution in [2.45, 2.75) is 13.5 Å². The molecule has 0 bridgehead atoms. The number of rotatable bonds is 2. The lowest BCUT2D eigenvalue weighted by atomic mass is 10.2. The van der Waals surface area contributed by atoms with Crippen LogP contribution in [0.5, 0.6) is 0 Å². The molecule has 0 N–H and O–H groups in total. The van der Waals surface area contributed by atoms with Crippen LogP contribution in [0, 0.1) is 11.8 Å². The maximum Gasteiger partial charge on any atom is 0.298 e. The Morgan fingerprint density at radius 2 is 2.05 bits per heavy atom. The van der Waals surface area contributed by atoms with Gasteiger partial charge in [-0.25, -0.2) is 4.90 Å². The van der Waals surface area contributed by atoms with Crippen LogP contribution in [0.15, 0.2) is 41.9 Å². The molecule has 104 valence electrons. The molecule has 0 saturated carbocycles. The van der Waals surface area contributed by atoms with Crippen molar-refractivity contribution in [3.8, 4) is 11.8 Å². The van der Waals surface area contributed by atoms with E-state index in [0.29, 0.717) is 12.2 Å². The zero-order valence-electron chi connectivity index (χ0n) is 11.4. The predicted molar refractivity (Wildman–Crippen MR) is 85.0 cm³/mol. The fourth-order valence-electron chi connectivity index (χ4n) is 2.31. The Morgan fingerprint density at radius 1 is 1.29 bits per heavy atom. The Morgan fingerprint density at radius 3 is 2.71 bits per heavy atom. The third-order valence-electron chi connectivity index (χ3n) is 3.27. The van der Waals surface area contributed by atoms with Crippen LogP contribution in [0.25, 0.3) is 10.9 Å². The maximum atomic E-state index is 12.1. The largest absolute Gasteiger partial charge is 0.334 e. The topological polar surface area (TPSA) is 42.3 Å². The van der Waals surface area contributed by atoms with Crippen LogP contribution >= 0.6 is 11.8 Å². The van der Waals surface area contributed by atoms with Crippen molar-refractivity contribution >= 4 is 39.5 Å². The number of imide groups is 1. The highest BCUT2D eigenvalue weighted by Gasteiger charge is 2.36. The summed E-state index contributed by atoms with van der Waals surface area (Å²) in [6.45, 7) is 5.91. The smallest absolute Gasteiger partial charge is 0.298 e. The highest BCUT2D eigenvalue weighted by Crippen LogP contribution is 2.37. The van der Waals surface area contributed by atoms with E-state index in [1.807, 2.05) is 28.8 Å². The van der Waals surface area contributed by atoms with E-state index >= 15 is 0 Å². The SMILES string of the molecule is C=C1SC(=O)N(c2cn(CC#CC)c3ccccc23)C1=O. The standard InChI is InChI=1S/C16H12N2O2S/c1-3-4-9-17-10-14(12-7-5-6-8-13(12)17)18-15(19)11(2)21-16(18)20/h5-8,10H,2,9H2,1H3. The number of amides is 2. The number of benzene rings is 1. The lowest BCUT2D eigenvalue weighted by Gasteiger charge is -2.10. The van der Waals surface area contributed by atoms with Crippen LogP contribution in [0.4, 0.5) is 10.5 Å². The second-order valence-electron chi connectivity index (χ2n) is 4.52. The molecule has 0 atom stereocenters. The molecular weight excluding hydrogens is 284 g/mol. The zero-order chi connectivity index (χ0) is 15.0. The number of nitrogens with zero attached hydrogens (tertiary/aromatic N) is 2. The van der Waals surface area contributed by atoms with Crippen LogP contribution < -0.4 is 4.90 Å². The van der Waals surface area contributed by atoms with Crippen LogP contribution in [-0.4, -0.2) is 15.7 Å². The van der Waals surface area contributed by atoms with E-state index in [1.165, 1.54) is 4.90 Å². The third kappa shape index (κ3) is 2.14. The zero-order valence-corrected chi connectivity index (χ0v) is 12.2. The van der Waals surface area contributed by atoms with E-state index in [2.05, 4.69) is 18.4 Å². The van der Waals surface area contributed by atoms with Gasteiger partial charge in [0.05, 0.1) is 22.7 Å². The van der Waals surface area contributed by atoms with E-state index in [9.17, 15) is 9.59 Å². The van der Waals surface area contributed by atoms with Crippen molar-refractivity contribution in [3.05, 3.63) is 41.9 Å². The minimum atomic E-state index is -0.352. The number of fused-ring (bicyclic) bond motifs is 1. The number of hydrogen-bond donors (Lipinski definition) is 0. The van der Waals surface area contributed by atoms with Crippen LogP contribution in [-0.2, 0) is 11.3 Å². The molecule has 0 unspecified atom stereocenters. The van der Waals surface area contributed by atoms with Crippen molar-refractivity contribution in [1.29, 1.82) is 0 Å². The molecule has 1 fully saturated rings. The molecule has 2 heterocycles. The number of carbonyl (C=O) groups excluding carboxylic acids is 2. The van der Waals surface area contributed by atoms with E-state index in [0.717, 1.165) is 22.7 Å². The second kappa shape index (κ2) is 5.15. The first kappa shape index (κ1) is 13.5. The summed E-state index contributed by atoms with van der Waals surface area (Å²) in [6.07, 6.45) is 1.80. The van der Waals surface area contributed by atoms with E-state index in [-0.39, 0.29) is 16.1 Å². The van der Waals surface area contributed by atoms with Crippen molar-refractivity contribution in [1.82, 2.24) is 4.57 Å². The van der Waals surface area contributed by atoms with E-state index < -0.39 is 0 Å². The third-order valence-corrected chi connectivity index (χ3v) is 4.05. The van der Waals surface area contributed by atoms with E-state index in [1.54, 1.807) is 13.1 Å². The van der Waals surface area contributed by atoms with Crippen molar-refractivity contribution in [2.24, 2.45) is 0 Å². The van der Waals surface area contributed by atoms with Gasteiger partial charge < -0.3 is 4.57 Å². The monoisotopic (exact) mass is 296 g/mol. The highest BCUT2D eigenvalue weighted by atomic mass is 32.2. The fourth-order valence-corrected chi connectivity index (χ4v) is 2.97. The molecule has 1 saturated heterocycles. The average molecular weight is 296 g/mol. The van der Waals surface area contributed by atoms with Gasteiger partial charge in [0.2, 0.25) is 0 Å². The van der Waals surface area contributed by atoms with Crippen LogP contribution in [0.1, 0.15) is 6.92 Å². The fraction of sp³-hybridized carbons (Fsp3) is 0.125. The summed E-state index contributed by atoms with van der Waals surface area (Å²) in [6, 6.07) is 7.65. The normalized spacial score (nSPS) is 14.7. The lowest BCUT2D eigenvalue weighted by molar-refractivity contribution is -0.113. The van der Waals surface area contributed by atoms with Gasteiger partial charge in [-0.3, -0.25) is 9.59 Å². The summed E-state index contributed by atoms with van der Waals surface area (Å²) in [7, 11) is 0. The minimum Gasteiger partial charge on any atom is -0.334 e. The van der Waals surface area contributed by atoms with Crippen LogP contribution in [0.3, 0.4) is 0 Å². The van der Waals surface area contributed by atoms with Crippen molar-refractivity contribution in [2.75, 3.05) is 4.90 Å². The average Bonchev–Trinajstić information content (AvgIpc) is 2.95. The van der Waals surface area contributed by atoms with Crippen molar-refractivity contribution in [3.63, 3.8) is 0 Å². The Hall–Kier alpha value is -2.45. The number of anilines is 1. The maximum absolute atomic E-state index is 12.1. The molecule has 0 spiro atoms. The highest BCUT2D eigenvalue weighted by molar-refractivity contribution is 8.18. The summed E-state index contributed by atoms with van der Waals surface area (Å²) in [5.41, 5.74) is 1.53. The van der Waals surface area contributed by atoms with Gasteiger partial charge in [-0.15, -0.1) is 5.92 Å². The number of carbonyl (C=O) groups is 2. The number of aromatic nitrogens is 1. The van der Waals surface area contributed by atoms with Crippen LogP contribution in [0.2, 0.25) is 0 Å². The van der Waals surface area contributed by atoms with Gasteiger partial charge in [0, 0.05) is 11.6 Å². The summed E-state index contributed by atoms with van der Waals surface area (Å²) < 4.78 is 1.94. The number of para-hydroxylation sites is 1. The summed E-state index contributed by atoms with van der Waals surface area (Å²) in [4.78, 5) is 25.6. The molecule has 4 nitrogen and oxygen atoms in total. The first-order valence-electron chi connectivity index (χ1n) is 6.36. The molecule has 1 aromatic carbocycles. The summed E-state index contributed by atoms with van der Waals surface area (Å²) >= 11 is 0.873. The molecule has 5 heteroatoms. The van der Waals surface area contributed by atoms with Gasteiger partial charge in [0.25, 0.3) is 11.1 Å². The molecule has 21 heavy (non-hydrogen) atoms. The van der Waals surface area contributed by atoms with Gasteiger partial charge in [0.1, 0.15) is 0 Å². The Bertz CT molecular complexity index is 839. The predicted octanol–water partition coefficient (Wildman–Crippen LogP) is 3.38. The van der Waals surface area contributed by atoms with Gasteiger partial charge in [-0.1, -0.05) is 30.7 Å². The summed E-state index contributed by atoms with van der Waals surface area (Å²) in [5.74, 6) is 5.49. The molecule has 1 aliphatic rings. The first-order chi connectivity index (χ1) is 10.1. The van der Waals surface area contributed by atoms with Gasteiger partial charge in [-0.05, 0) is 24.8 Å². The molecule has 1 aliphatic heterocycles. The quantitative estimate of drug-likeness (QED) is 0.630. The molecule has 1 aromatic heterocycles. The Balaban J connectivity index is 2.18. The van der Waals surface area contributed by atoms with Crippen molar-refractivity contribution < 1.29 is 9.59 Å². The minimum absolute atomic E-state index is 0.255. The van der Waals surface area contributed by atoms with E-state index in [4.69, 9.17) is 0 Å². The lowest BCUT2D eigenvalue weighted by Crippen LogP contribution is -2.27. The Labute approximate surface area is 126 Å². The van der Waals surface area contributed by atoms with Gasteiger partial charge in [0.15, 0.2) is 0 Å². The molecule has 2 amide bonds. The summed E-state index contributed by atoms with van der Waals surface area (Å²) in [5, 5.41) is 0.543. The number of hydrogen-bond acceptors (Lipinski definition) is 3. The number of thioether (sulfide) groups is 1. The second-order valence-corrected chi connectivity index (χ2v) is 5.56. The first-order valence-corrected chi connectivity index (χ1v) is 7.17. The van der Waals surface area contributed by atoms with Gasteiger partial charge >= 0.3 is 0 Å². The molecule has 0 radical (unpaired) electrons. The molecule has 3 rings (SSSR count). The molecule has 2 aromatic rings. The Kier molecular flexibility index (Phi) is 3.32. The molecular formula is C16H12N2O2S.